The van der Waals surface area contributed by atoms with Crippen molar-refractivity contribution in [1.82, 2.24) is 0 Å². The highest BCUT2D eigenvalue weighted by atomic mass is 79.9. The second kappa shape index (κ2) is 9.04. The van der Waals surface area contributed by atoms with Crippen LogP contribution in [0.4, 0.5) is 5.69 Å². The molecule has 4 nitrogen and oxygen atoms in total. The fraction of sp³-hybridized carbons (Fsp3) is 0.111. The molecule has 25 heavy (non-hydrogen) atoms. The van der Waals surface area contributed by atoms with Gasteiger partial charge in [-0.1, -0.05) is 11.6 Å². The third kappa shape index (κ3) is 5.33. The highest BCUT2D eigenvalue weighted by Gasteiger charge is 2.12. The first-order chi connectivity index (χ1) is 11.9. The monoisotopic (exact) mass is 482 g/mol. The summed E-state index contributed by atoms with van der Waals surface area (Å²) in [5.74, 6) is 0.176. The fourth-order valence-electron chi connectivity index (χ4n) is 1.99. The number of nitrogens with zero attached hydrogens (tertiary/aromatic N) is 1. The first kappa shape index (κ1) is 19.5. The van der Waals surface area contributed by atoms with E-state index in [-0.39, 0.29) is 5.57 Å². The number of hydrogen-bond donors (Lipinski definition) is 1. The maximum Gasteiger partial charge on any atom is 0.266 e. The van der Waals surface area contributed by atoms with Crippen LogP contribution in [-0.4, -0.2) is 12.5 Å². The van der Waals surface area contributed by atoms with Gasteiger partial charge in [0.2, 0.25) is 0 Å². The molecule has 128 valence electrons. The second-order valence-corrected chi connectivity index (χ2v) is 7.02. The zero-order valence-corrected chi connectivity index (χ0v) is 17.1. The van der Waals surface area contributed by atoms with Crippen molar-refractivity contribution in [3.63, 3.8) is 0 Å². The summed E-state index contributed by atoms with van der Waals surface area (Å²) >= 11 is 12.7. The van der Waals surface area contributed by atoms with Crippen molar-refractivity contribution in [1.29, 1.82) is 5.26 Å². The first-order valence-corrected chi connectivity index (χ1v) is 9.21. The minimum atomic E-state index is -0.494. The Hall–Kier alpha value is -1.81. The van der Waals surface area contributed by atoms with Crippen molar-refractivity contribution in [2.45, 2.75) is 6.92 Å². The molecule has 0 fully saturated rings. The zero-order valence-electron chi connectivity index (χ0n) is 13.1. The molecular formula is C18H13Br2ClN2O2. The summed E-state index contributed by atoms with van der Waals surface area (Å²) in [6.45, 7) is 2.42. The van der Waals surface area contributed by atoms with Gasteiger partial charge in [-0.05, 0) is 86.8 Å². The molecule has 0 bridgehead atoms. The van der Waals surface area contributed by atoms with Crippen LogP contribution in [0.15, 0.2) is 50.9 Å². The topological polar surface area (TPSA) is 62.1 Å². The number of carbonyl (C=O) groups excluding carboxylic acids is 1. The summed E-state index contributed by atoms with van der Waals surface area (Å²) in [5, 5.41) is 12.5. The average molecular weight is 485 g/mol. The van der Waals surface area contributed by atoms with Gasteiger partial charge in [0, 0.05) is 10.7 Å². The lowest BCUT2D eigenvalue weighted by molar-refractivity contribution is -0.112. The molecule has 7 heteroatoms. The molecule has 0 aliphatic rings. The number of nitriles is 1. The van der Waals surface area contributed by atoms with Gasteiger partial charge in [-0.3, -0.25) is 4.79 Å². The van der Waals surface area contributed by atoms with E-state index >= 15 is 0 Å². The molecule has 0 heterocycles. The van der Waals surface area contributed by atoms with Crippen molar-refractivity contribution < 1.29 is 9.53 Å². The van der Waals surface area contributed by atoms with Crippen LogP contribution in [0.5, 0.6) is 5.75 Å². The highest BCUT2D eigenvalue weighted by Crippen LogP contribution is 2.35. The van der Waals surface area contributed by atoms with Crippen molar-refractivity contribution >= 4 is 61.1 Å². The quantitative estimate of drug-likeness (QED) is 0.430. The van der Waals surface area contributed by atoms with Crippen LogP contribution < -0.4 is 10.1 Å². The lowest BCUT2D eigenvalue weighted by atomic mass is 10.1. The maximum absolute atomic E-state index is 12.3. The van der Waals surface area contributed by atoms with Crippen LogP contribution in [0.3, 0.4) is 0 Å². The molecule has 2 aromatic rings. The fourth-order valence-corrected chi connectivity index (χ4v) is 3.57. The van der Waals surface area contributed by atoms with E-state index < -0.39 is 5.91 Å². The predicted octanol–water partition coefficient (Wildman–Crippen LogP) is 5.81. The molecule has 1 amide bonds. The largest absolute Gasteiger partial charge is 0.492 e. The van der Waals surface area contributed by atoms with Gasteiger partial charge in [-0.25, -0.2) is 0 Å². The second-order valence-electron chi connectivity index (χ2n) is 4.88. The van der Waals surface area contributed by atoms with Gasteiger partial charge in [-0.2, -0.15) is 5.26 Å². The van der Waals surface area contributed by atoms with Crippen molar-refractivity contribution in [2.75, 3.05) is 11.9 Å². The summed E-state index contributed by atoms with van der Waals surface area (Å²) < 4.78 is 6.97. The Morgan fingerprint density at radius 2 is 1.88 bits per heavy atom. The van der Waals surface area contributed by atoms with Crippen LogP contribution in [0.25, 0.3) is 6.08 Å². The van der Waals surface area contributed by atoms with Crippen LogP contribution in [0, 0.1) is 11.3 Å². The predicted molar refractivity (Wildman–Crippen MR) is 107 cm³/mol. The van der Waals surface area contributed by atoms with E-state index in [1.165, 1.54) is 6.08 Å². The smallest absolute Gasteiger partial charge is 0.266 e. The first-order valence-electron chi connectivity index (χ1n) is 7.25. The molecule has 0 saturated heterocycles. The van der Waals surface area contributed by atoms with E-state index in [4.69, 9.17) is 16.3 Å². The summed E-state index contributed by atoms with van der Waals surface area (Å²) in [6.07, 6.45) is 1.51. The van der Waals surface area contributed by atoms with Gasteiger partial charge < -0.3 is 10.1 Å². The van der Waals surface area contributed by atoms with Gasteiger partial charge in [0.05, 0.1) is 15.6 Å². The number of carbonyl (C=O) groups is 1. The Bertz CT molecular complexity index is 835. The molecule has 1 N–H and O–H groups in total. The van der Waals surface area contributed by atoms with Crippen molar-refractivity contribution in [3.8, 4) is 11.8 Å². The number of anilines is 1. The number of rotatable bonds is 5. The molecule has 0 aromatic heterocycles. The van der Waals surface area contributed by atoms with Gasteiger partial charge >= 0.3 is 0 Å². The maximum atomic E-state index is 12.3. The molecule has 0 saturated carbocycles. The Kier molecular flexibility index (Phi) is 7.06. The summed E-state index contributed by atoms with van der Waals surface area (Å²) in [7, 11) is 0. The summed E-state index contributed by atoms with van der Waals surface area (Å²) in [5.41, 5.74) is 1.23. The Morgan fingerprint density at radius 3 is 2.40 bits per heavy atom. The Morgan fingerprint density at radius 1 is 1.28 bits per heavy atom. The minimum absolute atomic E-state index is 0.0158. The summed E-state index contributed by atoms with van der Waals surface area (Å²) in [4.78, 5) is 12.3. The van der Waals surface area contributed by atoms with Gasteiger partial charge in [0.1, 0.15) is 17.4 Å². The standard InChI is InChI=1S/C18H13Br2ClN2O2/c1-2-25-17-15(19)8-11(9-16(17)20)7-12(10-22)18(24)23-14-5-3-13(21)4-6-14/h3-9H,2H2,1H3,(H,23,24)/b12-7-. The van der Waals surface area contributed by atoms with Gasteiger partial charge in [-0.15, -0.1) is 0 Å². The molecule has 0 aliphatic heterocycles. The van der Waals surface area contributed by atoms with Crippen LogP contribution in [-0.2, 0) is 4.79 Å². The average Bonchev–Trinajstić information content (AvgIpc) is 2.58. The van der Waals surface area contributed by atoms with Gasteiger partial charge in [0.15, 0.2) is 0 Å². The SMILES string of the molecule is CCOc1c(Br)cc(/C=C(/C#N)C(=O)Nc2ccc(Cl)cc2)cc1Br. The van der Waals surface area contributed by atoms with Crippen LogP contribution in [0.1, 0.15) is 12.5 Å². The number of ether oxygens (including phenoxy) is 1. The van der Waals surface area contributed by atoms with Crippen LogP contribution >= 0.6 is 43.5 Å². The molecule has 0 aliphatic carbocycles. The van der Waals surface area contributed by atoms with E-state index in [0.29, 0.717) is 28.6 Å². The number of halogens is 3. The van der Waals surface area contributed by atoms with E-state index in [9.17, 15) is 10.1 Å². The van der Waals surface area contributed by atoms with Gasteiger partial charge in [0.25, 0.3) is 5.91 Å². The molecule has 0 unspecified atom stereocenters. The Labute approximate surface area is 167 Å². The minimum Gasteiger partial charge on any atom is -0.492 e. The molecule has 2 rings (SSSR count). The zero-order chi connectivity index (χ0) is 18.4. The normalized spacial score (nSPS) is 10.9. The summed E-state index contributed by atoms with van der Waals surface area (Å²) in [6, 6.07) is 12.1. The lowest BCUT2D eigenvalue weighted by Gasteiger charge is -2.10. The number of nitrogens with one attached hydrogen (secondary N) is 1. The molecule has 2 aromatic carbocycles. The third-order valence-corrected chi connectivity index (χ3v) is 4.52. The molecule has 0 radical (unpaired) electrons. The highest BCUT2D eigenvalue weighted by molar-refractivity contribution is 9.11. The number of amides is 1. The molecular weight excluding hydrogens is 471 g/mol. The van der Waals surface area contributed by atoms with E-state index in [1.807, 2.05) is 13.0 Å². The van der Waals surface area contributed by atoms with E-state index in [1.54, 1.807) is 36.4 Å². The molecule has 0 spiro atoms. The van der Waals surface area contributed by atoms with Crippen molar-refractivity contribution in [3.05, 3.63) is 61.5 Å². The Balaban J connectivity index is 2.26. The van der Waals surface area contributed by atoms with Crippen molar-refractivity contribution in [2.24, 2.45) is 0 Å². The van der Waals surface area contributed by atoms with Crippen LogP contribution in [0.2, 0.25) is 5.02 Å². The van der Waals surface area contributed by atoms with E-state index in [2.05, 4.69) is 37.2 Å². The number of benzene rings is 2. The molecule has 0 atom stereocenters. The third-order valence-electron chi connectivity index (χ3n) is 3.09. The van der Waals surface area contributed by atoms with E-state index in [0.717, 1.165) is 8.95 Å². The number of hydrogen-bond acceptors (Lipinski definition) is 3. The lowest BCUT2D eigenvalue weighted by Crippen LogP contribution is -2.13.